The molecule has 1 aliphatic heterocycles. The Bertz CT molecular complexity index is 205. The van der Waals surface area contributed by atoms with Gasteiger partial charge in [-0.25, -0.2) is 0 Å². The molecule has 3 atom stereocenters. The largest absolute Gasteiger partial charge is 0.396 e. The first-order valence-electron chi connectivity index (χ1n) is 4.62. The van der Waals surface area contributed by atoms with Gasteiger partial charge in [-0.3, -0.25) is 4.79 Å². The van der Waals surface area contributed by atoms with Crippen LogP contribution in [-0.2, 0) is 4.79 Å². The summed E-state index contributed by atoms with van der Waals surface area (Å²) in [6.45, 7) is 3.11. The predicted molar refractivity (Wildman–Crippen MR) is 44.5 cm³/mol. The maximum Gasteiger partial charge on any atom is 0.223 e. The van der Waals surface area contributed by atoms with Gasteiger partial charge in [0.05, 0.1) is 0 Å². The molecule has 2 rings (SSSR count). The highest BCUT2D eigenvalue weighted by Crippen LogP contribution is 2.38. The van der Waals surface area contributed by atoms with Gasteiger partial charge in [-0.15, -0.1) is 0 Å². The molecule has 1 aliphatic carbocycles. The lowest BCUT2D eigenvalue weighted by molar-refractivity contribution is -0.128. The SMILES string of the molecule is CC1CC1N1CC(CO)CC1=O. The van der Waals surface area contributed by atoms with E-state index >= 15 is 0 Å². The van der Waals surface area contributed by atoms with Crippen LogP contribution in [0.1, 0.15) is 19.8 Å². The zero-order valence-electron chi connectivity index (χ0n) is 7.36. The van der Waals surface area contributed by atoms with Gasteiger partial charge in [0.25, 0.3) is 0 Å². The Morgan fingerprint density at radius 2 is 2.33 bits per heavy atom. The molecule has 0 aromatic heterocycles. The Kier molecular flexibility index (Phi) is 1.83. The van der Waals surface area contributed by atoms with Crippen LogP contribution in [0.15, 0.2) is 0 Å². The van der Waals surface area contributed by atoms with E-state index in [-0.39, 0.29) is 18.4 Å². The summed E-state index contributed by atoms with van der Waals surface area (Å²) in [5.74, 6) is 1.13. The monoisotopic (exact) mass is 169 g/mol. The van der Waals surface area contributed by atoms with Crippen LogP contribution in [0.5, 0.6) is 0 Å². The third kappa shape index (κ3) is 1.22. The minimum absolute atomic E-state index is 0.156. The van der Waals surface area contributed by atoms with Crippen LogP contribution in [0.25, 0.3) is 0 Å². The van der Waals surface area contributed by atoms with Crippen molar-refractivity contribution in [1.82, 2.24) is 4.90 Å². The average molecular weight is 169 g/mol. The van der Waals surface area contributed by atoms with E-state index in [9.17, 15) is 4.79 Å². The lowest BCUT2D eigenvalue weighted by Crippen LogP contribution is -2.28. The fraction of sp³-hybridized carbons (Fsp3) is 0.889. The standard InChI is InChI=1S/C9H15NO2/c1-6-2-8(6)10-4-7(5-11)3-9(10)12/h6-8,11H,2-5H2,1H3. The number of nitrogens with zero attached hydrogens (tertiary/aromatic N) is 1. The number of rotatable bonds is 2. The van der Waals surface area contributed by atoms with Crippen molar-refractivity contribution in [2.45, 2.75) is 25.8 Å². The molecule has 12 heavy (non-hydrogen) atoms. The molecule has 0 bridgehead atoms. The summed E-state index contributed by atoms with van der Waals surface area (Å²) in [5.41, 5.74) is 0. The Morgan fingerprint density at radius 3 is 2.75 bits per heavy atom. The van der Waals surface area contributed by atoms with E-state index in [1.807, 2.05) is 4.90 Å². The molecule has 1 N–H and O–H groups in total. The first-order chi connectivity index (χ1) is 5.72. The van der Waals surface area contributed by atoms with Crippen molar-refractivity contribution in [1.29, 1.82) is 0 Å². The first-order valence-corrected chi connectivity index (χ1v) is 4.62. The number of hydrogen-bond acceptors (Lipinski definition) is 2. The van der Waals surface area contributed by atoms with Gasteiger partial charge in [0.15, 0.2) is 0 Å². The van der Waals surface area contributed by atoms with Gasteiger partial charge in [-0.1, -0.05) is 6.92 Å². The number of aliphatic hydroxyl groups excluding tert-OH is 1. The second kappa shape index (κ2) is 2.73. The molecule has 68 valence electrons. The molecule has 3 nitrogen and oxygen atoms in total. The molecule has 0 aromatic rings. The van der Waals surface area contributed by atoms with Gasteiger partial charge in [0.2, 0.25) is 5.91 Å². The highest BCUT2D eigenvalue weighted by Gasteiger charge is 2.44. The van der Waals surface area contributed by atoms with Crippen molar-refractivity contribution in [2.75, 3.05) is 13.2 Å². The molecule has 1 heterocycles. The Balaban J connectivity index is 1.95. The fourth-order valence-corrected chi connectivity index (χ4v) is 1.99. The first kappa shape index (κ1) is 8.05. The second-order valence-corrected chi connectivity index (χ2v) is 4.08. The van der Waals surface area contributed by atoms with Gasteiger partial charge in [0, 0.05) is 31.5 Å². The Labute approximate surface area is 72.4 Å². The lowest BCUT2D eigenvalue weighted by atomic mass is 10.1. The third-order valence-corrected chi connectivity index (χ3v) is 2.96. The molecular weight excluding hydrogens is 154 g/mol. The molecule has 2 aliphatic rings. The van der Waals surface area contributed by atoms with Crippen molar-refractivity contribution >= 4 is 5.91 Å². The zero-order chi connectivity index (χ0) is 8.72. The third-order valence-electron chi connectivity index (χ3n) is 2.96. The summed E-state index contributed by atoms with van der Waals surface area (Å²) in [6.07, 6.45) is 1.71. The van der Waals surface area contributed by atoms with E-state index in [1.165, 1.54) is 0 Å². The molecule has 0 radical (unpaired) electrons. The highest BCUT2D eigenvalue weighted by atomic mass is 16.3. The Morgan fingerprint density at radius 1 is 1.67 bits per heavy atom. The van der Waals surface area contributed by atoms with Gasteiger partial charge in [0.1, 0.15) is 0 Å². The molecule has 2 fully saturated rings. The number of aliphatic hydroxyl groups is 1. The van der Waals surface area contributed by atoms with E-state index in [1.54, 1.807) is 0 Å². The number of hydrogen-bond donors (Lipinski definition) is 1. The molecular formula is C9H15NO2. The van der Waals surface area contributed by atoms with E-state index in [2.05, 4.69) is 6.92 Å². The smallest absolute Gasteiger partial charge is 0.223 e. The molecule has 1 saturated carbocycles. The molecule has 1 amide bonds. The van der Waals surface area contributed by atoms with Gasteiger partial charge in [-0.05, 0) is 12.3 Å². The van der Waals surface area contributed by atoms with Crippen molar-refractivity contribution in [3.63, 3.8) is 0 Å². The topological polar surface area (TPSA) is 40.5 Å². The number of carbonyl (C=O) groups is 1. The molecule has 0 aromatic carbocycles. The summed E-state index contributed by atoms with van der Waals surface area (Å²) in [7, 11) is 0. The average Bonchev–Trinajstić information content (AvgIpc) is 2.62. The minimum Gasteiger partial charge on any atom is -0.396 e. The van der Waals surface area contributed by atoms with Crippen LogP contribution in [0.3, 0.4) is 0 Å². The lowest BCUT2D eigenvalue weighted by Gasteiger charge is -2.15. The number of carbonyl (C=O) groups excluding carboxylic acids is 1. The van der Waals surface area contributed by atoms with Crippen molar-refractivity contribution in [3.8, 4) is 0 Å². The van der Waals surface area contributed by atoms with Crippen LogP contribution < -0.4 is 0 Å². The summed E-state index contributed by atoms with van der Waals surface area (Å²) >= 11 is 0. The van der Waals surface area contributed by atoms with Crippen LogP contribution in [0.4, 0.5) is 0 Å². The van der Waals surface area contributed by atoms with Crippen LogP contribution in [0.2, 0.25) is 0 Å². The van der Waals surface area contributed by atoms with Crippen LogP contribution >= 0.6 is 0 Å². The van der Waals surface area contributed by atoms with Gasteiger partial charge in [-0.2, -0.15) is 0 Å². The van der Waals surface area contributed by atoms with Crippen LogP contribution in [0, 0.1) is 11.8 Å². The number of likely N-dealkylation sites (tertiary alicyclic amines) is 1. The van der Waals surface area contributed by atoms with E-state index in [0.29, 0.717) is 18.4 Å². The zero-order valence-corrected chi connectivity index (χ0v) is 7.36. The maximum absolute atomic E-state index is 11.4. The normalized spacial score (nSPS) is 40.7. The minimum atomic E-state index is 0.156. The van der Waals surface area contributed by atoms with E-state index in [0.717, 1.165) is 13.0 Å². The van der Waals surface area contributed by atoms with E-state index < -0.39 is 0 Å². The van der Waals surface area contributed by atoms with E-state index in [4.69, 9.17) is 5.11 Å². The molecule has 0 spiro atoms. The molecule has 3 heteroatoms. The fourth-order valence-electron chi connectivity index (χ4n) is 1.99. The maximum atomic E-state index is 11.4. The van der Waals surface area contributed by atoms with Crippen molar-refractivity contribution < 1.29 is 9.90 Å². The molecule has 3 unspecified atom stereocenters. The summed E-state index contributed by atoms with van der Waals surface area (Å²) in [5, 5.41) is 8.89. The Hall–Kier alpha value is -0.570. The highest BCUT2D eigenvalue weighted by molar-refractivity contribution is 5.79. The van der Waals surface area contributed by atoms with Gasteiger partial charge >= 0.3 is 0 Å². The number of amides is 1. The second-order valence-electron chi connectivity index (χ2n) is 4.08. The predicted octanol–water partition coefficient (Wildman–Crippen LogP) is 0.236. The molecule has 1 saturated heterocycles. The van der Waals surface area contributed by atoms with Crippen molar-refractivity contribution in [3.05, 3.63) is 0 Å². The summed E-state index contributed by atoms with van der Waals surface area (Å²) in [4.78, 5) is 13.3. The van der Waals surface area contributed by atoms with Crippen molar-refractivity contribution in [2.24, 2.45) is 11.8 Å². The van der Waals surface area contributed by atoms with Crippen LogP contribution in [-0.4, -0.2) is 35.1 Å². The van der Waals surface area contributed by atoms with Gasteiger partial charge < -0.3 is 10.0 Å². The summed E-state index contributed by atoms with van der Waals surface area (Å²) in [6, 6.07) is 0.494. The summed E-state index contributed by atoms with van der Waals surface area (Å²) < 4.78 is 0. The quantitative estimate of drug-likeness (QED) is 0.643.